The molecular formula is C6H9F3O2. The second-order valence-electron chi connectivity index (χ2n) is 2.32. The average molecular weight is 170 g/mol. The lowest BCUT2D eigenvalue weighted by Crippen LogP contribution is -2.32. The number of hydrogen-bond acceptors (Lipinski definition) is 1. The number of aliphatic carboxylic acids is 1. The van der Waals surface area contributed by atoms with Gasteiger partial charge in [0.25, 0.3) is 0 Å². The quantitative estimate of drug-likeness (QED) is 0.691. The summed E-state index contributed by atoms with van der Waals surface area (Å²) in [6.07, 6.45) is -4.89. The molecule has 0 bridgehead atoms. The van der Waals surface area contributed by atoms with Gasteiger partial charge in [0.05, 0.1) is 6.67 Å². The van der Waals surface area contributed by atoms with Gasteiger partial charge in [0.1, 0.15) is 6.17 Å². The van der Waals surface area contributed by atoms with Crippen molar-refractivity contribution in [2.45, 2.75) is 19.3 Å². The molecule has 5 heteroatoms. The Balaban J connectivity index is 4.00. The molecule has 0 aliphatic heterocycles. The van der Waals surface area contributed by atoms with E-state index in [2.05, 4.69) is 0 Å². The van der Waals surface area contributed by atoms with Gasteiger partial charge in [-0.25, -0.2) is 13.6 Å². The van der Waals surface area contributed by atoms with Crippen molar-refractivity contribution < 1.29 is 23.1 Å². The molecule has 0 aliphatic rings. The molecule has 0 radical (unpaired) electrons. The molecular weight excluding hydrogens is 161 g/mol. The van der Waals surface area contributed by atoms with Crippen LogP contribution in [-0.4, -0.2) is 30.1 Å². The van der Waals surface area contributed by atoms with Crippen LogP contribution in [0.25, 0.3) is 0 Å². The third-order valence-corrected chi connectivity index (χ3v) is 1.30. The van der Waals surface area contributed by atoms with Crippen molar-refractivity contribution in [3.63, 3.8) is 0 Å². The largest absolute Gasteiger partial charge is 0.479 e. The Morgan fingerprint density at radius 3 is 2.27 bits per heavy atom. The number of alkyl halides is 3. The van der Waals surface area contributed by atoms with E-state index in [1.54, 1.807) is 0 Å². The Bertz CT molecular complexity index is 140. The van der Waals surface area contributed by atoms with E-state index < -0.39 is 30.9 Å². The van der Waals surface area contributed by atoms with E-state index in [-0.39, 0.29) is 0 Å². The molecule has 1 N–H and O–H groups in total. The highest BCUT2D eigenvalue weighted by atomic mass is 19.2. The first-order valence-corrected chi connectivity index (χ1v) is 3.07. The van der Waals surface area contributed by atoms with Crippen molar-refractivity contribution >= 4 is 5.97 Å². The summed E-state index contributed by atoms with van der Waals surface area (Å²) in [5.74, 6) is -3.10. The zero-order valence-corrected chi connectivity index (χ0v) is 5.93. The Morgan fingerprint density at radius 1 is 1.55 bits per heavy atom. The van der Waals surface area contributed by atoms with Gasteiger partial charge in [-0.3, -0.25) is 4.39 Å². The number of carbonyl (C=O) groups is 1. The zero-order valence-electron chi connectivity index (χ0n) is 5.93. The monoisotopic (exact) mass is 170 g/mol. The lowest BCUT2D eigenvalue weighted by atomic mass is 10.0. The summed E-state index contributed by atoms with van der Waals surface area (Å²) >= 11 is 0. The fourth-order valence-electron chi connectivity index (χ4n) is 0.510. The van der Waals surface area contributed by atoms with E-state index in [0.29, 0.717) is 0 Å². The van der Waals surface area contributed by atoms with Gasteiger partial charge in [0, 0.05) is 5.92 Å². The van der Waals surface area contributed by atoms with Gasteiger partial charge >= 0.3 is 5.97 Å². The summed E-state index contributed by atoms with van der Waals surface area (Å²) < 4.78 is 36.3. The van der Waals surface area contributed by atoms with Crippen LogP contribution < -0.4 is 0 Å². The van der Waals surface area contributed by atoms with Crippen molar-refractivity contribution in [3.05, 3.63) is 0 Å². The smallest absolute Gasteiger partial charge is 0.341 e. The van der Waals surface area contributed by atoms with E-state index >= 15 is 0 Å². The SMILES string of the molecule is CC(CF)C(F)C(F)C(=O)O. The molecule has 0 rings (SSSR count). The highest BCUT2D eigenvalue weighted by Crippen LogP contribution is 2.15. The first-order valence-electron chi connectivity index (χ1n) is 3.07. The van der Waals surface area contributed by atoms with E-state index in [4.69, 9.17) is 5.11 Å². The van der Waals surface area contributed by atoms with Crippen LogP contribution in [-0.2, 0) is 4.79 Å². The summed E-state index contributed by atoms with van der Waals surface area (Å²) in [6.45, 7) is 0.0506. The number of carboxylic acids is 1. The Morgan fingerprint density at radius 2 is 2.00 bits per heavy atom. The first-order chi connectivity index (χ1) is 5.00. The second kappa shape index (κ2) is 4.20. The van der Waals surface area contributed by atoms with Gasteiger partial charge in [-0.05, 0) is 0 Å². The first kappa shape index (κ1) is 10.3. The molecule has 0 aliphatic carbocycles. The van der Waals surface area contributed by atoms with Crippen molar-refractivity contribution in [3.8, 4) is 0 Å². The van der Waals surface area contributed by atoms with Crippen LogP contribution in [0.15, 0.2) is 0 Å². The lowest BCUT2D eigenvalue weighted by Gasteiger charge is -2.13. The zero-order chi connectivity index (χ0) is 9.02. The Labute approximate surface area is 62.0 Å². The van der Waals surface area contributed by atoms with Crippen molar-refractivity contribution in [2.24, 2.45) is 5.92 Å². The summed E-state index contributed by atoms with van der Waals surface area (Å²) in [5.41, 5.74) is 0. The number of carboxylic acid groups (broad SMARTS) is 1. The summed E-state index contributed by atoms with van der Waals surface area (Å²) in [5, 5.41) is 7.96. The Hall–Kier alpha value is -0.740. The van der Waals surface area contributed by atoms with Crippen molar-refractivity contribution in [2.75, 3.05) is 6.67 Å². The van der Waals surface area contributed by atoms with Gasteiger partial charge in [-0.15, -0.1) is 0 Å². The third-order valence-electron chi connectivity index (χ3n) is 1.30. The van der Waals surface area contributed by atoms with Gasteiger partial charge in [-0.2, -0.15) is 0 Å². The van der Waals surface area contributed by atoms with E-state index in [1.807, 2.05) is 0 Å². The molecule has 0 spiro atoms. The number of halogens is 3. The molecule has 2 nitrogen and oxygen atoms in total. The fourth-order valence-corrected chi connectivity index (χ4v) is 0.510. The molecule has 3 unspecified atom stereocenters. The summed E-state index contributed by atoms with van der Waals surface area (Å²) in [7, 11) is 0. The summed E-state index contributed by atoms with van der Waals surface area (Å²) in [6, 6.07) is 0. The Kier molecular flexibility index (Phi) is 3.92. The van der Waals surface area contributed by atoms with Crippen molar-refractivity contribution in [1.29, 1.82) is 0 Å². The normalized spacial score (nSPS) is 18.9. The fraction of sp³-hybridized carbons (Fsp3) is 0.833. The highest BCUT2D eigenvalue weighted by molar-refractivity contribution is 5.72. The molecule has 0 aromatic carbocycles. The molecule has 0 heterocycles. The molecule has 0 aromatic heterocycles. The maximum Gasteiger partial charge on any atom is 0.341 e. The van der Waals surface area contributed by atoms with Gasteiger partial charge < -0.3 is 5.11 Å². The molecule has 0 fully saturated rings. The van der Waals surface area contributed by atoms with Crippen LogP contribution in [0.3, 0.4) is 0 Å². The van der Waals surface area contributed by atoms with Crippen LogP contribution in [0.1, 0.15) is 6.92 Å². The van der Waals surface area contributed by atoms with E-state index in [1.165, 1.54) is 0 Å². The molecule has 66 valence electrons. The van der Waals surface area contributed by atoms with Crippen LogP contribution in [0.4, 0.5) is 13.2 Å². The molecule has 0 saturated carbocycles. The van der Waals surface area contributed by atoms with Gasteiger partial charge in [0.15, 0.2) is 0 Å². The molecule has 0 amide bonds. The minimum atomic E-state index is -2.62. The highest BCUT2D eigenvalue weighted by Gasteiger charge is 2.32. The van der Waals surface area contributed by atoms with Crippen LogP contribution in [0, 0.1) is 5.92 Å². The number of hydrogen-bond donors (Lipinski definition) is 1. The molecule has 0 aromatic rings. The predicted octanol–water partition coefficient (Wildman–Crippen LogP) is 1.35. The topological polar surface area (TPSA) is 37.3 Å². The molecule has 11 heavy (non-hydrogen) atoms. The van der Waals surface area contributed by atoms with E-state index in [0.717, 1.165) is 6.92 Å². The molecule has 0 saturated heterocycles. The standard InChI is InChI=1S/C6H9F3O2/c1-3(2-7)4(8)5(9)6(10)11/h3-5H,2H2,1H3,(H,10,11). The second-order valence-corrected chi connectivity index (χ2v) is 2.32. The average Bonchev–Trinajstić information content (AvgIpc) is 2.00. The predicted molar refractivity (Wildman–Crippen MR) is 32.6 cm³/mol. The van der Waals surface area contributed by atoms with Crippen LogP contribution in [0.2, 0.25) is 0 Å². The maximum absolute atomic E-state index is 12.4. The van der Waals surface area contributed by atoms with Crippen LogP contribution >= 0.6 is 0 Å². The van der Waals surface area contributed by atoms with Gasteiger partial charge in [-0.1, -0.05) is 6.92 Å². The van der Waals surface area contributed by atoms with E-state index in [9.17, 15) is 18.0 Å². The van der Waals surface area contributed by atoms with Crippen molar-refractivity contribution in [1.82, 2.24) is 0 Å². The van der Waals surface area contributed by atoms with Gasteiger partial charge in [0.2, 0.25) is 6.17 Å². The maximum atomic E-state index is 12.4. The number of rotatable bonds is 4. The van der Waals surface area contributed by atoms with Crippen LogP contribution in [0.5, 0.6) is 0 Å². The lowest BCUT2D eigenvalue weighted by molar-refractivity contribution is -0.146. The minimum Gasteiger partial charge on any atom is -0.479 e. The molecule has 3 atom stereocenters. The minimum absolute atomic E-state index is 1.06. The third kappa shape index (κ3) is 2.78. The summed E-state index contributed by atoms with van der Waals surface area (Å²) in [4.78, 5) is 9.82.